The van der Waals surface area contributed by atoms with Crippen LogP contribution < -0.4 is 10.1 Å². The second-order valence-corrected chi connectivity index (χ2v) is 5.24. The largest absolute Gasteiger partial charge is 0.482 e. The summed E-state index contributed by atoms with van der Waals surface area (Å²) in [6.07, 6.45) is 0. The molecule has 0 heterocycles. The van der Waals surface area contributed by atoms with Crippen molar-refractivity contribution in [2.24, 2.45) is 0 Å². The van der Waals surface area contributed by atoms with E-state index < -0.39 is 11.9 Å². The number of para-hydroxylation sites is 1. The monoisotopic (exact) mass is 363 g/mol. The molecular weight excluding hydrogens is 350 g/mol. The van der Waals surface area contributed by atoms with Crippen molar-refractivity contribution < 1.29 is 19.1 Å². The Morgan fingerprint density at radius 3 is 2.50 bits per heavy atom. The van der Waals surface area contributed by atoms with Gasteiger partial charge < -0.3 is 14.8 Å². The van der Waals surface area contributed by atoms with Crippen LogP contribution >= 0.6 is 15.9 Å². The van der Waals surface area contributed by atoms with Crippen molar-refractivity contribution in [2.45, 2.75) is 0 Å². The summed E-state index contributed by atoms with van der Waals surface area (Å²) >= 11 is 3.30. The molecule has 0 spiro atoms. The van der Waals surface area contributed by atoms with Crippen LogP contribution in [-0.4, -0.2) is 25.1 Å². The number of rotatable bonds is 6. The number of ether oxygens (including phenoxy) is 2. The Hall–Kier alpha value is -2.34. The second kappa shape index (κ2) is 8.19. The lowest BCUT2D eigenvalue weighted by molar-refractivity contribution is -0.149. The maximum atomic E-state index is 11.7. The molecule has 0 fully saturated rings. The molecule has 22 heavy (non-hydrogen) atoms. The molecule has 1 N–H and O–H groups in total. The summed E-state index contributed by atoms with van der Waals surface area (Å²) < 4.78 is 10.9. The highest BCUT2D eigenvalue weighted by Gasteiger charge is 2.09. The molecule has 2 aromatic carbocycles. The Morgan fingerprint density at radius 2 is 1.77 bits per heavy atom. The SMILES string of the molecule is O=C(COC(=O)COc1ccccc1)Nc1cccc(Br)c1. The number of amides is 1. The molecule has 0 aliphatic heterocycles. The Kier molecular flexibility index (Phi) is 5.97. The van der Waals surface area contributed by atoms with Gasteiger partial charge in [0.05, 0.1) is 0 Å². The van der Waals surface area contributed by atoms with Gasteiger partial charge in [-0.3, -0.25) is 4.79 Å². The Labute approximate surface area is 136 Å². The molecule has 0 saturated heterocycles. The number of anilines is 1. The summed E-state index contributed by atoms with van der Waals surface area (Å²) in [5, 5.41) is 2.62. The standard InChI is InChI=1S/C16H14BrNO4/c17-12-5-4-6-13(9-12)18-15(19)10-22-16(20)11-21-14-7-2-1-3-8-14/h1-9H,10-11H2,(H,18,19). The van der Waals surface area contributed by atoms with Crippen molar-refractivity contribution in [1.29, 1.82) is 0 Å². The topological polar surface area (TPSA) is 64.6 Å². The predicted octanol–water partition coefficient (Wildman–Crippen LogP) is 3.01. The fourth-order valence-electron chi connectivity index (χ4n) is 1.61. The molecule has 2 rings (SSSR count). The normalized spacial score (nSPS) is 9.86. The number of carbonyl (C=O) groups excluding carboxylic acids is 2. The molecule has 1 amide bonds. The predicted molar refractivity (Wildman–Crippen MR) is 85.7 cm³/mol. The summed E-state index contributed by atoms with van der Waals surface area (Å²) in [4.78, 5) is 23.2. The number of hydrogen-bond donors (Lipinski definition) is 1. The highest BCUT2D eigenvalue weighted by atomic mass is 79.9. The molecule has 0 aromatic heterocycles. The lowest BCUT2D eigenvalue weighted by Gasteiger charge is -2.08. The molecule has 6 heteroatoms. The Balaban J connectivity index is 1.70. The van der Waals surface area contributed by atoms with Gasteiger partial charge in [0.1, 0.15) is 5.75 Å². The van der Waals surface area contributed by atoms with Gasteiger partial charge in [0.15, 0.2) is 13.2 Å². The minimum absolute atomic E-state index is 0.242. The zero-order valence-corrected chi connectivity index (χ0v) is 13.2. The summed E-state index contributed by atoms with van der Waals surface area (Å²) in [6.45, 7) is -0.600. The first-order chi connectivity index (χ1) is 10.6. The van der Waals surface area contributed by atoms with E-state index in [4.69, 9.17) is 9.47 Å². The highest BCUT2D eigenvalue weighted by molar-refractivity contribution is 9.10. The van der Waals surface area contributed by atoms with Crippen molar-refractivity contribution in [3.63, 3.8) is 0 Å². The third kappa shape index (κ3) is 5.57. The fourth-order valence-corrected chi connectivity index (χ4v) is 2.01. The molecule has 0 saturated carbocycles. The Bertz CT molecular complexity index is 646. The van der Waals surface area contributed by atoms with Gasteiger partial charge >= 0.3 is 5.97 Å². The lowest BCUT2D eigenvalue weighted by Crippen LogP contribution is -2.23. The van der Waals surface area contributed by atoms with E-state index >= 15 is 0 Å². The number of hydrogen-bond acceptors (Lipinski definition) is 4. The van der Waals surface area contributed by atoms with Crippen molar-refractivity contribution in [3.05, 3.63) is 59.1 Å². The third-order valence-corrected chi connectivity index (χ3v) is 3.07. The van der Waals surface area contributed by atoms with Crippen molar-refractivity contribution in [2.75, 3.05) is 18.5 Å². The summed E-state index contributed by atoms with van der Waals surface area (Å²) in [7, 11) is 0. The first-order valence-electron chi connectivity index (χ1n) is 6.52. The average molecular weight is 364 g/mol. The van der Waals surface area contributed by atoms with Crippen LogP contribution in [0.2, 0.25) is 0 Å². The molecular formula is C16H14BrNO4. The maximum absolute atomic E-state index is 11.7. The minimum Gasteiger partial charge on any atom is -0.482 e. The second-order valence-electron chi connectivity index (χ2n) is 4.32. The Morgan fingerprint density at radius 1 is 1.00 bits per heavy atom. The van der Waals surface area contributed by atoms with E-state index in [9.17, 15) is 9.59 Å². The van der Waals surface area contributed by atoms with Crippen LogP contribution in [0.25, 0.3) is 0 Å². The molecule has 5 nitrogen and oxygen atoms in total. The van der Waals surface area contributed by atoms with Crippen LogP contribution in [0.1, 0.15) is 0 Å². The van der Waals surface area contributed by atoms with E-state index in [-0.39, 0.29) is 13.2 Å². The van der Waals surface area contributed by atoms with E-state index in [2.05, 4.69) is 21.2 Å². The summed E-state index contributed by atoms with van der Waals surface area (Å²) in [5.41, 5.74) is 0.621. The first kappa shape index (κ1) is 16.0. The highest BCUT2D eigenvalue weighted by Crippen LogP contribution is 2.15. The lowest BCUT2D eigenvalue weighted by atomic mass is 10.3. The van der Waals surface area contributed by atoms with E-state index in [1.807, 2.05) is 12.1 Å². The van der Waals surface area contributed by atoms with E-state index in [0.717, 1.165) is 4.47 Å². The third-order valence-electron chi connectivity index (χ3n) is 2.57. The van der Waals surface area contributed by atoms with Crippen LogP contribution in [0.3, 0.4) is 0 Å². The van der Waals surface area contributed by atoms with E-state index in [1.54, 1.807) is 42.5 Å². The van der Waals surface area contributed by atoms with Crippen LogP contribution in [0, 0.1) is 0 Å². The number of carbonyl (C=O) groups is 2. The van der Waals surface area contributed by atoms with E-state index in [0.29, 0.717) is 11.4 Å². The van der Waals surface area contributed by atoms with Crippen molar-refractivity contribution in [1.82, 2.24) is 0 Å². The zero-order chi connectivity index (χ0) is 15.8. The van der Waals surface area contributed by atoms with Gasteiger partial charge in [-0.15, -0.1) is 0 Å². The average Bonchev–Trinajstić information content (AvgIpc) is 2.52. The van der Waals surface area contributed by atoms with Crippen LogP contribution in [0.4, 0.5) is 5.69 Å². The summed E-state index contributed by atoms with van der Waals surface area (Å²) in [5.74, 6) is -0.447. The number of nitrogens with one attached hydrogen (secondary N) is 1. The van der Waals surface area contributed by atoms with Crippen LogP contribution in [0.5, 0.6) is 5.75 Å². The maximum Gasteiger partial charge on any atom is 0.344 e. The summed E-state index contributed by atoms with van der Waals surface area (Å²) in [6, 6.07) is 16.0. The molecule has 0 aliphatic rings. The van der Waals surface area contributed by atoms with Gasteiger partial charge in [0, 0.05) is 10.2 Å². The minimum atomic E-state index is -0.603. The molecule has 0 atom stereocenters. The van der Waals surface area contributed by atoms with Gasteiger partial charge in [-0.2, -0.15) is 0 Å². The number of esters is 1. The van der Waals surface area contributed by atoms with Crippen LogP contribution in [0.15, 0.2) is 59.1 Å². The van der Waals surface area contributed by atoms with Gasteiger partial charge in [0.25, 0.3) is 5.91 Å². The fraction of sp³-hybridized carbons (Fsp3) is 0.125. The van der Waals surface area contributed by atoms with Crippen LogP contribution in [-0.2, 0) is 14.3 Å². The van der Waals surface area contributed by atoms with E-state index in [1.165, 1.54) is 0 Å². The molecule has 0 bridgehead atoms. The first-order valence-corrected chi connectivity index (χ1v) is 7.31. The molecule has 0 unspecified atom stereocenters. The van der Waals surface area contributed by atoms with Gasteiger partial charge in [-0.1, -0.05) is 40.2 Å². The molecule has 114 valence electrons. The zero-order valence-electron chi connectivity index (χ0n) is 11.6. The number of halogens is 1. The number of benzene rings is 2. The quantitative estimate of drug-likeness (QED) is 0.801. The molecule has 2 aromatic rings. The smallest absolute Gasteiger partial charge is 0.344 e. The van der Waals surface area contributed by atoms with Crippen molar-refractivity contribution >= 4 is 33.5 Å². The van der Waals surface area contributed by atoms with Gasteiger partial charge in [-0.05, 0) is 30.3 Å². The molecule has 0 radical (unpaired) electrons. The van der Waals surface area contributed by atoms with Gasteiger partial charge in [-0.25, -0.2) is 4.79 Å². The van der Waals surface area contributed by atoms with Crippen molar-refractivity contribution in [3.8, 4) is 5.75 Å². The molecule has 0 aliphatic carbocycles. The van der Waals surface area contributed by atoms with Gasteiger partial charge in [0.2, 0.25) is 0 Å².